The molecule has 29 heavy (non-hydrogen) atoms. The number of aliphatic hydroxyl groups excluding tert-OH is 1. The van der Waals surface area contributed by atoms with Crippen LogP contribution in [0.3, 0.4) is 0 Å². The van der Waals surface area contributed by atoms with E-state index in [4.69, 9.17) is 21.1 Å². The summed E-state index contributed by atoms with van der Waals surface area (Å²) in [6.45, 7) is 3.22. The van der Waals surface area contributed by atoms with E-state index in [1.54, 1.807) is 42.5 Å². The Labute approximate surface area is 173 Å². The van der Waals surface area contributed by atoms with E-state index in [1.165, 1.54) is 4.90 Å². The second-order valence-electron chi connectivity index (χ2n) is 6.90. The number of carbonyl (C=O) groups is 2. The highest BCUT2D eigenvalue weighted by Gasteiger charge is 2.45. The molecule has 7 heteroatoms. The second-order valence-corrected chi connectivity index (χ2v) is 7.34. The summed E-state index contributed by atoms with van der Waals surface area (Å²) in [5.74, 6) is -0.376. The molecule has 2 heterocycles. The van der Waals surface area contributed by atoms with Crippen molar-refractivity contribution in [1.29, 1.82) is 0 Å². The van der Waals surface area contributed by atoms with E-state index < -0.39 is 17.7 Å². The molecule has 1 saturated heterocycles. The summed E-state index contributed by atoms with van der Waals surface area (Å²) < 4.78 is 11.2. The average Bonchev–Trinajstić information content (AvgIpc) is 2.99. The van der Waals surface area contributed by atoms with Gasteiger partial charge in [0.1, 0.15) is 19.0 Å². The lowest BCUT2D eigenvalue weighted by molar-refractivity contribution is -0.139. The summed E-state index contributed by atoms with van der Waals surface area (Å²) in [5.41, 5.74) is 1.16. The van der Waals surface area contributed by atoms with E-state index >= 15 is 0 Å². The molecule has 0 aromatic heterocycles. The van der Waals surface area contributed by atoms with Gasteiger partial charge in [0.2, 0.25) is 0 Å². The van der Waals surface area contributed by atoms with Crippen LogP contribution in [0.4, 0.5) is 0 Å². The predicted molar refractivity (Wildman–Crippen MR) is 108 cm³/mol. The van der Waals surface area contributed by atoms with Crippen molar-refractivity contribution in [2.45, 2.75) is 19.4 Å². The van der Waals surface area contributed by atoms with Crippen molar-refractivity contribution in [2.75, 3.05) is 19.8 Å². The number of nitrogens with zero attached hydrogens (tertiary/aromatic N) is 1. The zero-order valence-corrected chi connectivity index (χ0v) is 16.6. The van der Waals surface area contributed by atoms with Crippen molar-refractivity contribution in [2.24, 2.45) is 0 Å². The number of rotatable bonds is 4. The molecule has 0 spiro atoms. The van der Waals surface area contributed by atoms with Gasteiger partial charge in [-0.05, 0) is 48.4 Å². The topological polar surface area (TPSA) is 76.1 Å². The number of carbonyl (C=O) groups excluding carboxylic acids is 2. The van der Waals surface area contributed by atoms with Gasteiger partial charge in [0, 0.05) is 17.1 Å². The number of fused-ring (bicyclic) bond motifs is 1. The smallest absolute Gasteiger partial charge is 0.295 e. The van der Waals surface area contributed by atoms with Crippen LogP contribution in [-0.4, -0.2) is 41.5 Å². The fourth-order valence-electron chi connectivity index (χ4n) is 3.69. The summed E-state index contributed by atoms with van der Waals surface area (Å²) >= 11 is 5.93. The number of aliphatic hydroxyl groups is 1. The number of hydrogen-bond donors (Lipinski definition) is 1. The van der Waals surface area contributed by atoms with Crippen molar-refractivity contribution in [3.63, 3.8) is 0 Å². The van der Waals surface area contributed by atoms with Gasteiger partial charge in [-0.15, -0.1) is 0 Å². The molecule has 0 saturated carbocycles. The fraction of sp³-hybridized carbons (Fsp3) is 0.273. The van der Waals surface area contributed by atoms with Crippen LogP contribution in [0.2, 0.25) is 5.02 Å². The minimum absolute atomic E-state index is 0.0578. The molecule has 1 fully saturated rings. The number of likely N-dealkylation sites (tertiary alicyclic amines) is 1. The second kappa shape index (κ2) is 7.79. The van der Waals surface area contributed by atoms with Crippen LogP contribution in [0.15, 0.2) is 48.0 Å². The molecule has 0 bridgehead atoms. The Morgan fingerprint density at radius 1 is 1.10 bits per heavy atom. The third-order valence-electron chi connectivity index (χ3n) is 5.00. The molecular formula is C22H20ClNO5. The van der Waals surface area contributed by atoms with E-state index in [9.17, 15) is 14.7 Å². The van der Waals surface area contributed by atoms with Crippen LogP contribution >= 0.6 is 11.6 Å². The number of amides is 1. The van der Waals surface area contributed by atoms with Gasteiger partial charge in [0.25, 0.3) is 11.7 Å². The van der Waals surface area contributed by atoms with Gasteiger partial charge < -0.3 is 19.5 Å². The molecule has 1 N–H and O–H groups in total. The molecule has 1 unspecified atom stereocenters. The summed E-state index contributed by atoms with van der Waals surface area (Å²) in [7, 11) is 0. The predicted octanol–water partition coefficient (Wildman–Crippen LogP) is 3.94. The van der Waals surface area contributed by atoms with E-state index in [-0.39, 0.29) is 11.3 Å². The van der Waals surface area contributed by atoms with E-state index in [0.29, 0.717) is 53.8 Å². The first-order chi connectivity index (χ1) is 14.0. The number of benzene rings is 2. The molecule has 2 aromatic carbocycles. The molecule has 1 atom stereocenters. The highest BCUT2D eigenvalue weighted by atomic mass is 35.5. The van der Waals surface area contributed by atoms with Gasteiger partial charge in [-0.2, -0.15) is 0 Å². The van der Waals surface area contributed by atoms with Crippen LogP contribution in [0.1, 0.15) is 30.5 Å². The molecule has 150 valence electrons. The lowest BCUT2D eigenvalue weighted by Gasteiger charge is -2.26. The van der Waals surface area contributed by atoms with Crippen molar-refractivity contribution in [1.82, 2.24) is 4.90 Å². The van der Waals surface area contributed by atoms with Gasteiger partial charge in [-0.3, -0.25) is 9.59 Å². The molecule has 0 radical (unpaired) electrons. The minimum atomic E-state index is -0.707. The number of halogens is 1. The lowest BCUT2D eigenvalue weighted by Crippen LogP contribution is -2.30. The monoisotopic (exact) mass is 413 g/mol. The Kier molecular flexibility index (Phi) is 5.20. The van der Waals surface area contributed by atoms with Crippen LogP contribution in [0, 0.1) is 0 Å². The molecule has 2 aliphatic heterocycles. The third kappa shape index (κ3) is 3.44. The van der Waals surface area contributed by atoms with Gasteiger partial charge >= 0.3 is 0 Å². The largest absolute Gasteiger partial charge is 0.507 e. The summed E-state index contributed by atoms with van der Waals surface area (Å²) in [6, 6.07) is 11.1. The zero-order chi connectivity index (χ0) is 20.5. The quantitative estimate of drug-likeness (QED) is 0.466. The first-order valence-electron chi connectivity index (χ1n) is 9.45. The van der Waals surface area contributed by atoms with Gasteiger partial charge in [0.05, 0.1) is 11.6 Å². The van der Waals surface area contributed by atoms with E-state index in [1.807, 2.05) is 6.92 Å². The number of ketones is 1. The van der Waals surface area contributed by atoms with Crippen molar-refractivity contribution < 1.29 is 24.2 Å². The van der Waals surface area contributed by atoms with Crippen molar-refractivity contribution >= 4 is 29.1 Å². The fourth-order valence-corrected chi connectivity index (χ4v) is 3.82. The number of ether oxygens (including phenoxy) is 2. The Balaban J connectivity index is 1.86. The van der Waals surface area contributed by atoms with E-state index in [0.717, 1.165) is 0 Å². The van der Waals surface area contributed by atoms with Crippen LogP contribution in [-0.2, 0) is 9.59 Å². The molecule has 2 aromatic rings. The molecule has 0 aliphatic carbocycles. The van der Waals surface area contributed by atoms with Crippen molar-refractivity contribution in [3.8, 4) is 11.5 Å². The normalized spacial score (nSPS) is 20.2. The Morgan fingerprint density at radius 2 is 1.79 bits per heavy atom. The van der Waals surface area contributed by atoms with Gasteiger partial charge in [0.15, 0.2) is 11.5 Å². The maximum absolute atomic E-state index is 12.9. The standard InChI is InChI=1S/C22H20ClNO5/c1-2-9-24-19(14-5-8-16-17(12-14)29-11-10-28-16)18(21(26)22(24)27)20(25)13-3-6-15(23)7-4-13/h3-8,12,19,25H,2,9-11H2,1H3/b20-18-. The maximum Gasteiger partial charge on any atom is 0.295 e. The van der Waals surface area contributed by atoms with Crippen molar-refractivity contribution in [3.05, 3.63) is 64.2 Å². The first kappa shape index (κ1) is 19.3. The van der Waals surface area contributed by atoms with Gasteiger partial charge in [-0.1, -0.05) is 24.6 Å². The lowest BCUT2D eigenvalue weighted by atomic mass is 9.95. The summed E-state index contributed by atoms with van der Waals surface area (Å²) in [6.07, 6.45) is 0.676. The molecule has 2 aliphatic rings. The van der Waals surface area contributed by atoms with E-state index in [2.05, 4.69) is 0 Å². The Hall–Kier alpha value is -2.99. The first-order valence-corrected chi connectivity index (χ1v) is 9.83. The van der Waals surface area contributed by atoms with Crippen LogP contribution in [0.5, 0.6) is 11.5 Å². The third-order valence-corrected chi connectivity index (χ3v) is 5.26. The zero-order valence-electron chi connectivity index (χ0n) is 15.9. The average molecular weight is 414 g/mol. The summed E-state index contributed by atoms with van der Waals surface area (Å²) in [5, 5.41) is 11.4. The molecular weight excluding hydrogens is 394 g/mol. The molecule has 1 amide bonds. The maximum atomic E-state index is 12.9. The van der Waals surface area contributed by atoms with Crippen LogP contribution in [0.25, 0.3) is 5.76 Å². The Morgan fingerprint density at radius 3 is 2.48 bits per heavy atom. The van der Waals surface area contributed by atoms with Gasteiger partial charge in [-0.25, -0.2) is 0 Å². The molecule has 6 nitrogen and oxygen atoms in total. The Bertz CT molecular complexity index is 999. The summed E-state index contributed by atoms with van der Waals surface area (Å²) in [4.78, 5) is 27.1. The van der Waals surface area contributed by atoms with Crippen LogP contribution < -0.4 is 9.47 Å². The molecule has 4 rings (SSSR count). The number of Topliss-reactive ketones (excluding diaryl/α,β-unsaturated/α-hetero) is 1. The number of hydrogen-bond acceptors (Lipinski definition) is 5. The minimum Gasteiger partial charge on any atom is -0.507 e. The highest BCUT2D eigenvalue weighted by Crippen LogP contribution is 2.42. The SMILES string of the molecule is CCCN1C(=O)C(=O)/C(=C(\O)c2ccc(Cl)cc2)C1c1ccc2c(c1)OCCO2. The highest BCUT2D eigenvalue weighted by molar-refractivity contribution is 6.46.